The van der Waals surface area contributed by atoms with Crippen LogP contribution in [0.5, 0.6) is 0 Å². The van der Waals surface area contributed by atoms with Crippen LogP contribution in [0.3, 0.4) is 0 Å². The first-order chi connectivity index (χ1) is 9.21. The Kier molecular flexibility index (Phi) is 5.12. The number of hydrogen-bond acceptors (Lipinski definition) is 4. The van der Waals surface area contributed by atoms with Crippen LogP contribution in [0.2, 0.25) is 0 Å². The molecule has 0 heterocycles. The number of halogens is 1. The molecule has 0 aliphatic heterocycles. The maximum Gasteiger partial charge on any atom is 0.241 e. The van der Waals surface area contributed by atoms with Crippen molar-refractivity contribution in [1.82, 2.24) is 4.72 Å². The van der Waals surface area contributed by atoms with Crippen molar-refractivity contribution in [2.75, 3.05) is 12.3 Å². The minimum atomic E-state index is -3.87. The van der Waals surface area contributed by atoms with Gasteiger partial charge in [0.15, 0.2) is 0 Å². The Bertz CT molecular complexity index is 552. The number of nitrogen functional groups attached to an aromatic ring is 1. The molecule has 0 aromatic heterocycles. The molecule has 0 saturated carbocycles. The number of rotatable bonds is 6. The van der Waals surface area contributed by atoms with Crippen LogP contribution < -0.4 is 10.5 Å². The van der Waals surface area contributed by atoms with Crippen molar-refractivity contribution in [2.24, 2.45) is 0 Å². The summed E-state index contributed by atoms with van der Waals surface area (Å²) in [5, 5.41) is 9.43. The summed E-state index contributed by atoms with van der Waals surface area (Å²) in [6.07, 6.45) is 0.879. The van der Waals surface area contributed by atoms with Crippen LogP contribution in [0, 0.1) is 12.7 Å². The predicted octanol–water partition coefficient (Wildman–Crippen LogP) is 1.55. The second kappa shape index (κ2) is 6.07. The van der Waals surface area contributed by atoms with Gasteiger partial charge in [0.05, 0.1) is 22.7 Å². The Morgan fingerprint density at radius 2 is 1.90 bits per heavy atom. The number of hydrogen-bond donors (Lipinski definition) is 3. The quantitative estimate of drug-likeness (QED) is 0.695. The Balaban J connectivity index is 3.24. The van der Waals surface area contributed by atoms with Gasteiger partial charge in [-0.3, -0.25) is 0 Å². The molecule has 20 heavy (non-hydrogen) atoms. The van der Waals surface area contributed by atoms with Crippen LogP contribution in [0.4, 0.5) is 10.1 Å². The van der Waals surface area contributed by atoms with E-state index in [0.29, 0.717) is 12.8 Å². The molecule has 7 heteroatoms. The summed E-state index contributed by atoms with van der Waals surface area (Å²) >= 11 is 0. The number of aliphatic hydroxyl groups is 1. The highest BCUT2D eigenvalue weighted by Crippen LogP contribution is 2.23. The van der Waals surface area contributed by atoms with Crippen molar-refractivity contribution < 1.29 is 17.9 Å². The van der Waals surface area contributed by atoms with Gasteiger partial charge >= 0.3 is 0 Å². The Hall–Kier alpha value is -1.18. The molecule has 4 N–H and O–H groups in total. The third kappa shape index (κ3) is 3.28. The van der Waals surface area contributed by atoms with Crippen LogP contribution in [0.1, 0.15) is 32.3 Å². The molecule has 0 fully saturated rings. The maximum absolute atomic E-state index is 13.5. The minimum absolute atomic E-state index is 0.103. The molecular weight excluding hydrogens is 283 g/mol. The molecule has 0 unspecified atom stereocenters. The molecular formula is C13H21FN2O3S. The molecule has 0 aliphatic carbocycles. The average molecular weight is 304 g/mol. The standard InChI is InChI=1S/C13H21FN2O3S/c1-4-13(5-2,8-17)16-20(18,19)10-6-9(3)12(14)11(15)7-10/h6-7,16-17H,4-5,8,15H2,1-3H3. The molecule has 0 atom stereocenters. The van der Waals surface area contributed by atoms with E-state index in [9.17, 15) is 17.9 Å². The molecule has 1 rings (SSSR count). The van der Waals surface area contributed by atoms with E-state index in [4.69, 9.17) is 5.73 Å². The normalized spacial score (nSPS) is 12.7. The number of sulfonamides is 1. The van der Waals surface area contributed by atoms with Crippen LogP contribution in [-0.2, 0) is 10.0 Å². The zero-order valence-corrected chi connectivity index (χ0v) is 12.7. The fourth-order valence-corrected chi connectivity index (χ4v) is 3.57. The average Bonchev–Trinajstić information content (AvgIpc) is 2.41. The third-order valence-corrected chi connectivity index (χ3v) is 5.13. The van der Waals surface area contributed by atoms with Gasteiger partial charge in [-0.2, -0.15) is 0 Å². The molecule has 114 valence electrons. The van der Waals surface area contributed by atoms with Gasteiger partial charge in [0, 0.05) is 0 Å². The highest BCUT2D eigenvalue weighted by Gasteiger charge is 2.31. The first-order valence-corrected chi connectivity index (χ1v) is 7.90. The van der Waals surface area contributed by atoms with E-state index in [0.717, 1.165) is 6.07 Å². The summed E-state index contributed by atoms with van der Waals surface area (Å²) in [5.74, 6) is -0.622. The van der Waals surface area contributed by atoms with Crippen LogP contribution >= 0.6 is 0 Å². The highest BCUT2D eigenvalue weighted by molar-refractivity contribution is 7.89. The summed E-state index contributed by atoms with van der Waals surface area (Å²) in [6.45, 7) is 4.71. The number of aliphatic hydroxyl groups excluding tert-OH is 1. The highest BCUT2D eigenvalue weighted by atomic mass is 32.2. The fourth-order valence-electron chi connectivity index (χ4n) is 1.91. The third-order valence-electron chi connectivity index (χ3n) is 3.57. The van der Waals surface area contributed by atoms with E-state index in [1.807, 2.05) is 0 Å². The van der Waals surface area contributed by atoms with Gasteiger partial charge in [0.2, 0.25) is 10.0 Å². The number of benzene rings is 1. The topological polar surface area (TPSA) is 92.4 Å². The molecule has 0 radical (unpaired) electrons. The van der Waals surface area contributed by atoms with E-state index < -0.39 is 21.4 Å². The lowest BCUT2D eigenvalue weighted by molar-refractivity contribution is 0.172. The molecule has 0 spiro atoms. The van der Waals surface area contributed by atoms with Gasteiger partial charge in [0.1, 0.15) is 5.82 Å². The lowest BCUT2D eigenvalue weighted by Gasteiger charge is -2.30. The largest absolute Gasteiger partial charge is 0.396 e. The van der Waals surface area contributed by atoms with Crippen molar-refractivity contribution in [3.05, 3.63) is 23.5 Å². The fraction of sp³-hybridized carbons (Fsp3) is 0.538. The molecule has 0 amide bonds. The Morgan fingerprint density at radius 3 is 2.30 bits per heavy atom. The van der Waals surface area contributed by atoms with E-state index in [1.165, 1.54) is 13.0 Å². The molecule has 1 aromatic rings. The zero-order valence-electron chi connectivity index (χ0n) is 11.9. The van der Waals surface area contributed by atoms with Gasteiger partial charge in [0.25, 0.3) is 0 Å². The smallest absolute Gasteiger partial charge is 0.241 e. The summed E-state index contributed by atoms with van der Waals surface area (Å²) in [6, 6.07) is 2.31. The Morgan fingerprint density at radius 1 is 1.35 bits per heavy atom. The van der Waals surface area contributed by atoms with Crippen molar-refractivity contribution >= 4 is 15.7 Å². The van der Waals surface area contributed by atoms with Crippen molar-refractivity contribution in [1.29, 1.82) is 0 Å². The predicted molar refractivity (Wildman–Crippen MR) is 76.3 cm³/mol. The zero-order chi connectivity index (χ0) is 15.6. The van der Waals surface area contributed by atoms with Gasteiger partial charge in [-0.05, 0) is 37.5 Å². The Labute approximate surface area is 119 Å². The number of aryl methyl sites for hydroxylation is 1. The maximum atomic E-state index is 13.5. The van der Waals surface area contributed by atoms with Gasteiger partial charge in [-0.15, -0.1) is 0 Å². The van der Waals surface area contributed by atoms with E-state index in [-0.39, 0.29) is 22.8 Å². The lowest BCUT2D eigenvalue weighted by Crippen LogP contribution is -2.50. The number of nitrogens with one attached hydrogen (secondary N) is 1. The van der Waals surface area contributed by atoms with E-state index in [1.54, 1.807) is 13.8 Å². The molecule has 0 saturated heterocycles. The van der Waals surface area contributed by atoms with Crippen LogP contribution in [0.25, 0.3) is 0 Å². The van der Waals surface area contributed by atoms with E-state index in [2.05, 4.69) is 4.72 Å². The first-order valence-electron chi connectivity index (χ1n) is 6.42. The first kappa shape index (κ1) is 16.9. The summed E-state index contributed by atoms with van der Waals surface area (Å²) in [7, 11) is -3.87. The van der Waals surface area contributed by atoms with Crippen molar-refractivity contribution in [3.63, 3.8) is 0 Å². The van der Waals surface area contributed by atoms with Gasteiger partial charge < -0.3 is 10.8 Å². The van der Waals surface area contributed by atoms with Crippen LogP contribution in [-0.4, -0.2) is 25.7 Å². The van der Waals surface area contributed by atoms with Crippen molar-refractivity contribution in [3.8, 4) is 0 Å². The summed E-state index contributed by atoms with van der Waals surface area (Å²) < 4.78 is 40.6. The molecule has 0 bridgehead atoms. The minimum Gasteiger partial charge on any atom is -0.396 e. The second-order valence-corrected chi connectivity index (χ2v) is 6.58. The monoisotopic (exact) mass is 304 g/mol. The summed E-state index contributed by atoms with van der Waals surface area (Å²) in [5.41, 5.74) is 4.49. The van der Waals surface area contributed by atoms with E-state index >= 15 is 0 Å². The lowest BCUT2D eigenvalue weighted by atomic mass is 9.96. The number of nitrogens with two attached hydrogens (primary N) is 1. The van der Waals surface area contributed by atoms with Gasteiger partial charge in [-0.1, -0.05) is 13.8 Å². The second-order valence-electron chi connectivity index (χ2n) is 4.89. The van der Waals surface area contributed by atoms with Crippen molar-refractivity contribution in [2.45, 2.75) is 44.0 Å². The van der Waals surface area contributed by atoms with Gasteiger partial charge in [-0.25, -0.2) is 17.5 Å². The SMILES string of the molecule is CCC(CC)(CO)NS(=O)(=O)c1cc(C)c(F)c(N)c1. The summed E-state index contributed by atoms with van der Waals surface area (Å²) in [4.78, 5) is -0.103. The number of anilines is 1. The van der Waals surface area contributed by atoms with Crippen LogP contribution in [0.15, 0.2) is 17.0 Å². The molecule has 0 aliphatic rings. The molecule has 1 aromatic carbocycles. The molecule has 5 nitrogen and oxygen atoms in total.